The monoisotopic (exact) mass is 344 g/mol. The molecule has 1 heterocycles. The molecule has 126 valence electrons. The number of aliphatic hydroxyl groups is 1. The zero-order valence-electron chi connectivity index (χ0n) is 14.0. The van der Waals surface area contributed by atoms with E-state index in [0.29, 0.717) is 23.7 Å². The first-order chi connectivity index (χ1) is 11.6. The lowest BCUT2D eigenvalue weighted by Crippen LogP contribution is -2.39. The van der Waals surface area contributed by atoms with E-state index in [2.05, 4.69) is 12.1 Å². The summed E-state index contributed by atoms with van der Waals surface area (Å²) in [5.41, 5.74) is 2.64. The van der Waals surface area contributed by atoms with E-state index in [1.165, 1.54) is 4.90 Å². The van der Waals surface area contributed by atoms with E-state index in [9.17, 15) is 5.11 Å². The average molecular weight is 344 g/mol. The maximum absolute atomic E-state index is 11.3. The Kier molecular flexibility index (Phi) is 3.66. The molecule has 0 saturated heterocycles. The van der Waals surface area contributed by atoms with Gasteiger partial charge in [-0.1, -0.05) is 6.07 Å². The normalized spacial score (nSPS) is 23.9. The molecule has 0 fully saturated rings. The number of methoxy groups -OCH3 is 3. The fourth-order valence-electron chi connectivity index (χ4n) is 3.88. The minimum atomic E-state index is -0.772. The van der Waals surface area contributed by atoms with Gasteiger partial charge in [-0.15, -0.1) is 11.8 Å². The molecule has 0 bridgehead atoms. The molecule has 2 aromatic carbocycles. The average Bonchev–Trinajstić information content (AvgIpc) is 2.91. The summed E-state index contributed by atoms with van der Waals surface area (Å²) >= 11 is 1.69. The first-order valence-electron chi connectivity index (χ1n) is 7.87. The Morgan fingerprint density at radius 2 is 1.75 bits per heavy atom. The zero-order valence-corrected chi connectivity index (χ0v) is 14.8. The molecule has 4 rings (SSSR count). The third-order valence-corrected chi connectivity index (χ3v) is 6.31. The molecule has 0 spiro atoms. The fraction of sp³-hybridized carbons (Fsp3) is 0.368. The standard InChI is InChI=1S/C19H20O4S/c1-21-12-4-5-13-17(7-12)24-10-19(20)9-11-6-15(22-2)16(23-3)8-14(11)18(13)19/h4-8,18,20H,9-10H2,1-3H3. The summed E-state index contributed by atoms with van der Waals surface area (Å²) in [6, 6.07) is 10.1. The number of thioether (sulfide) groups is 1. The molecule has 1 aliphatic carbocycles. The van der Waals surface area contributed by atoms with Gasteiger partial charge in [0.25, 0.3) is 0 Å². The van der Waals surface area contributed by atoms with Crippen molar-refractivity contribution in [2.24, 2.45) is 0 Å². The molecule has 0 amide bonds. The summed E-state index contributed by atoms with van der Waals surface area (Å²) in [4.78, 5) is 1.17. The van der Waals surface area contributed by atoms with E-state index in [4.69, 9.17) is 14.2 Å². The minimum absolute atomic E-state index is 0.0468. The highest BCUT2D eigenvalue weighted by Crippen LogP contribution is 2.55. The maximum Gasteiger partial charge on any atom is 0.161 e. The van der Waals surface area contributed by atoms with Crippen molar-refractivity contribution in [2.45, 2.75) is 22.8 Å². The van der Waals surface area contributed by atoms with Crippen LogP contribution in [0.1, 0.15) is 22.6 Å². The van der Waals surface area contributed by atoms with Gasteiger partial charge < -0.3 is 19.3 Å². The molecule has 1 aliphatic heterocycles. The quantitative estimate of drug-likeness (QED) is 0.926. The predicted octanol–water partition coefficient (Wildman–Crippen LogP) is 3.24. The Hall–Kier alpha value is -1.85. The van der Waals surface area contributed by atoms with Gasteiger partial charge in [0, 0.05) is 23.0 Å². The molecule has 2 unspecified atom stereocenters. The Balaban J connectivity index is 1.88. The molecule has 0 saturated carbocycles. The predicted molar refractivity (Wildman–Crippen MR) is 93.8 cm³/mol. The molecule has 0 aromatic heterocycles. The third-order valence-electron chi connectivity index (χ3n) is 5.00. The van der Waals surface area contributed by atoms with Crippen LogP contribution in [0.3, 0.4) is 0 Å². The number of hydrogen-bond donors (Lipinski definition) is 1. The van der Waals surface area contributed by atoms with E-state index in [1.807, 2.05) is 18.2 Å². The topological polar surface area (TPSA) is 47.9 Å². The van der Waals surface area contributed by atoms with Gasteiger partial charge in [-0.2, -0.15) is 0 Å². The molecular weight excluding hydrogens is 324 g/mol. The Bertz CT molecular complexity index is 804. The summed E-state index contributed by atoms with van der Waals surface area (Å²) in [5.74, 6) is 2.87. The van der Waals surface area contributed by atoms with Gasteiger partial charge in [-0.3, -0.25) is 0 Å². The van der Waals surface area contributed by atoms with E-state index in [1.54, 1.807) is 33.1 Å². The van der Waals surface area contributed by atoms with Crippen molar-refractivity contribution in [3.63, 3.8) is 0 Å². The SMILES string of the molecule is COc1ccc2c(c1)SCC1(O)Cc3cc(OC)c(OC)cc3C21. The lowest BCUT2D eigenvalue weighted by atomic mass is 9.83. The van der Waals surface area contributed by atoms with Gasteiger partial charge in [-0.05, 0) is 41.0 Å². The van der Waals surface area contributed by atoms with Crippen LogP contribution in [0.2, 0.25) is 0 Å². The minimum Gasteiger partial charge on any atom is -0.497 e. The lowest BCUT2D eigenvalue weighted by Gasteiger charge is -2.36. The van der Waals surface area contributed by atoms with Crippen LogP contribution < -0.4 is 14.2 Å². The molecule has 1 N–H and O–H groups in total. The van der Waals surface area contributed by atoms with Crippen LogP contribution >= 0.6 is 11.8 Å². The van der Waals surface area contributed by atoms with Crippen LogP contribution in [-0.2, 0) is 6.42 Å². The van der Waals surface area contributed by atoms with Gasteiger partial charge in [0.1, 0.15) is 5.75 Å². The number of benzene rings is 2. The van der Waals surface area contributed by atoms with Crippen molar-refractivity contribution >= 4 is 11.8 Å². The molecular formula is C19H20O4S. The number of hydrogen-bond acceptors (Lipinski definition) is 5. The summed E-state index contributed by atoms with van der Waals surface area (Å²) in [6.07, 6.45) is 0.631. The van der Waals surface area contributed by atoms with Crippen LogP contribution in [0.4, 0.5) is 0 Å². The largest absolute Gasteiger partial charge is 0.497 e. The van der Waals surface area contributed by atoms with Gasteiger partial charge in [0.2, 0.25) is 0 Å². The number of rotatable bonds is 3. The van der Waals surface area contributed by atoms with Crippen molar-refractivity contribution in [1.29, 1.82) is 0 Å². The zero-order chi connectivity index (χ0) is 16.9. The third kappa shape index (κ3) is 2.19. The summed E-state index contributed by atoms with van der Waals surface area (Å²) < 4.78 is 16.2. The van der Waals surface area contributed by atoms with Gasteiger partial charge in [-0.25, -0.2) is 0 Å². The second-order valence-corrected chi connectivity index (χ2v) is 7.33. The number of fused-ring (bicyclic) bond motifs is 5. The summed E-state index contributed by atoms with van der Waals surface area (Å²) in [7, 11) is 4.95. The van der Waals surface area contributed by atoms with Gasteiger partial charge in [0.15, 0.2) is 11.5 Å². The Morgan fingerprint density at radius 1 is 1.00 bits per heavy atom. The molecule has 2 aliphatic rings. The highest BCUT2D eigenvalue weighted by Gasteiger charge is 2.49. The second-order valence-electron chi connectivity index (χ2n) is 6.31. The molecule has 4 nitrogen and oxygen atoms in total. The molecule has 24 heavy (non-hydrogen) atoms. The van der Waals surface area contributed by atoms with Crippen molar-refractivity contribution in [1.82, 2.24) is 0 Å². The fourth-order valence-corrected chi connectivity index (χ4v) is 5.11. The van der Waals surface area contributed by atoms with E-state index < -0.39 is 5.60 Å². The van der Waals surface area contributed by atoms with Crippen molar-refractivity contribution in [3.05, 3.63) is 47.0 Å². The molecule has 2 atom stereocenters. The molecule has 2 aromatic rings. The highest BCUT2D eigenvalue weighted by molar-refractivity contribution is 7.99. The van der Waals surface area contributed by atoms with Crippen LogP contribution in [0, 0.1) is 0 Å². The van der Waals surface area contributed by atoms with Crippen molar-refractivity contribution in [2.75, 3.05) is 27.1 Å². The highest BCUT2D eigenvalue weighted by atomic mass is 32.2. The van der Waals surface area contributed by atoms with Gasteiger partial charge >= 0.3 is 0 Å². The van der Waals surface area contributed by atoms with Crippen LogP contribution in [0.25, 0.3) is 0 Å². The van der Waals surface area contributed by atoms with E-state index >= 15 is 0 Å². The van der Waals surface area contributed by atoms with E-state index in [-0.39, 0.29) is 5.92 Å². The maximum atomic E-state index is 11.3. The smallest absolute Gasteiger partial charge is 0.161 e. The lowest BCUT2D eigenvalue weighted by molar-refractivity contribution is 0.0575. The van der Waals surface area contributed by atoms with Crippen LogP contribution in [0.15, 0.2) is 35.2 Å². The van der Waals surface area contributed by atoms with Gasteiger partial charge in [0.05, 0.1) is 26.9 Å². The second kappa shape index (κ2) is 5.60. The van der Waals surface area contributed by atoms with Crippen molar-refractivity contribution in [3.8, 4) is 17.2 Å². The first-order valence-corrected chi connectivity index (χ1v) is 8.86. The van der Waals surface area contributed by atoms with E-state index in [0.717, 1.165) is 22.4 Å². The first kappa shape index (κ1) is 15.7. The molecule has 0 radical (unpaired) electrons. The Morgan fingerprint density at radius 3 is 2.46 bits per heavy atom. The van der Waals surface area contributed by atoms with Crippen LogP contribution in [-0.4, -0.2) is 37.8 Å². The number of ether oxygens (including phenoxy) is 3. The summed E-state index contributed by atoms with van der Waals surface area (Å²) in [6.45, 7) is 0. The van der Waals surface area contributed by atoms with Crippen molar-refractivity contribution < 1.29 is 19.3 Å². The summed E-state index contributed by atoms with van der Waals surface area (Å²) in [5, 5.41) is 11.3. The Labute approximate surface area is 145 Å². The molecule has 5 heteroatoms. The van der Waals surface area contributed by atoms with Crippen LogP contribution in [0.5, 0.6) is 17.2 Å².